The van der Waals surface area contributed by atoms with Crippen molar-refractivity contribution in [1.29, 1.82) is 0 Å². The second-order valence-electron chi connectivity index (χ2n) is 7.32. The number of hydrogen-bond donors (Lipinski definition) is 0. The molecule has 0 unspecified atom stereocenters. The minimum Gasteiger partial charge on any atom is -0.369 e. The molecule has 3 aromatic rings. The molecule has 0 aliphatic carbocycles. The number of halogens is 3. The number of piperazine rings is 1. The Balaban J connectivity index is 1.53. The maximum absolute atomic E-state index is 12.9. The SMILES string of the molecule is CCn1c(CN2CCN(c3cc(Cl)cc(Cl)c3)CC2)c(Cl)c(=O)n1-c1ccccc1. The first kappa shape index (κ1) is 21.3. The Labute approximate surface area is 191 Å². The molecule has 0 N–H and O–H groups in total. The first-order valence-electron chi connectivity index (χ1n) is 9.97. The van der Waals surface area contributed by atoms with Crippen LogP contribution in [0.1, 0.15) is 12.6 Å². The lowest BCUT2D eigenvalue weighted by Crippen LogP contribution is -2.46. The molecule has 4 rings (SSSR count). The molecule has 1 aliphatic rings. The molecule has 8 heteroatoms. The van der Waals surface area contributed by atoms with Crippen molar-refractivity contribution in [3.8, 4) is 5.69 Å². The van der Waals surface area contributed by atoms with Gasteiger partial charge in [0, 0.05) is 55.0 Å². The lowest BCUT2D eigenvalue weighted by molar-refractivity contribution is 0.241. The van der Waals surface area contributed by atoms with E-state index in [4.69, 9.17) is 34.8 Å². The summed E-state index contributed by atoms with van der Waals surface area (Å²) in [6, 6.07) is 15.2. The third-order valence-corrected chi connectivity index (χ3v) is 6.26. The lowest BCUT2D eigenvalue weighted by Gasteiger charge is -2.36. The summed E-state index contributed by atoms with van der Waals surface area (Å²) in [7, 11) is 0. The van der Waals surface area contributed by atoms with Gasteiger partial charge in [0.25, 0.3) is 5.56 Å². The Bertz CT molecular complexity index is 1070. The fourth-order valence-corrected chi connectivity index (χ4v) is 4.72. The van der Waals surface area contributed by atoms with Crippen molar-refractivity contribution in [1.82, 2.24) is 14.3 Å². The van der Waals surface area contributed by atoms with E-state index in [0.717, 1.165) is 43.2 Å². The summed E-state index contributed by atoms with van der Waals surface area (Å²) >= 11 is 18.8. The standard InChI is InChI=1S/C22H23Cl3N4O/c1-2-28-20(21(25)22(30)29(28)18-6-4-3-5-7-18)15-26-8-10-27(11-9-26)19-13-16(23)12-17(24)14-19/h3-7,12-14H,2,8-11,15H2,1H3. The summed E-state index contributed by atoms with van der Waals surface area (Å²) in [6.45, 7) is 6.73. The first-order chi connectivity index (χ1) is 14.5. The normalized spacial score (nSPS) is 15.0. The quantitative estimate of drug-likeness (QED) is 0.535. The van der Waals surface area contributed by atoms with E-state index in [-0.39, 0.29) is 5.56 Å². The van der Waals surface area contributed by atoms with E-state index in [1.807, 2.05) is 54.1 Å². The molecule has 30 heavy (non-hydrogen) atoms. The first-order valence-corrected chi connectivity index (χ1v) is 11.1. The number of benzene rings is 2. The van der Waals surface area contributed by atoms with Crippen molar-refractivity contribution in [2.45, 2.75) is 20.0 Å². The van der Waals surface area contributed by atoms with Crippen LogP contribution in [0.2, 0.25) is 15.1 Å². The molecule has 0 amide bonds. The largest absolute Gasteiger partial charge is 0.369 e. The van der Waals surface area contributed by atoms with Gasteiger partial charge in [-0.25, -0.2) is 4.68 Å². The smallest absolute Gasteiger partial charge is 0.290 e. The van der Waals surface area contributed by atoms with Crippen LogP contribution in [0.4, 0.5) is 5.69 Å². The Hall–Kier alpha value is -1.92. The Morgan fingerprint density at radius 3 is 2.10 bits per heavy atom. The number of nitrogens with zero attached hydrogens (tertiary/aromatic N) is 4. The summed E-state index contributed by atoms with van der Waals surface area (Å²) in [6.07, 6.45) is 0. The van der Waals surface area contributed by atoms with E-state index in [1.54, 1.807) is 10.7 Å². The molecule has 2 aromatic carbocycles. The maximum Gasteiger partial charge on any atom is 0.290 e. The molecule has 0 atom stereocenters. The molecule has 2 heterocycles. The van der Waals surface area contributed by atoms with Crippen LogP contribution >= 0.6 is 34.8 Å². The van der Waals surface area contributed by atoms with Gasteiger partial charge in [-0.2, -0.15) is 0 Å². The van der Waals surface area contributed by atoms with Crippen LogP contribution in [-0.2, 0) is 13.1 Å². The zero-order chi connectivity index (χ0) is 21.3. The summed E-state index contributed by atoms with van der Waals surface area (Å²) in [4.78, 5) is 17.5. The van der Waals surface area contributed by atoms with Crippen LogP contribution in [0, 0.1) is 0 Å². The molecule has 1 aromatic heterocycles. The van der Waals surface area contributed by atoms with Gasteiger partial charge >= 0.3 is 0 Å². The molecule has 5 nitrogen and oxygen atoms in total. The zero-order valence-corrected chi connectivity index (χ0v) is 19.0. The molecule has 158 valence electrons. The average molecular weight is 466 g/mol. The van der Waals surface area contributed by atoms with Gasteiger partial charge in [0.05, 0.1) is 11.4 Å². The van der Waals surface area contributed by atoms with E-state index >= 15 is 0 Å². The monoisotopic (exact) mass is 464 g/mol. The van der Waals surface area contributed by atoms with Crippen molar-refractivity contribution in [2.24, 2.45) is 0 Å². The number of aromatic nitrogens is 2. The van der Waals surface area contributed by atoms with Crippen molar-refractivity contribution >= 4 is 40.5 Å². The molecule has 0 radical (unpaired) electrons. The molecule has 1 fully saturated rings. The van der Waals surface area contributed by atoms with E-state index in [9.17, 15) is 4.79 Å². The number of para-hydroxylation sites is 1. The van der Waals surface area contributed by atoms with Crippen LogP contribution in [0.15, 0.2) is 53.3 Å². The van der Waals surface area contributed by atoms with Crippen molar-refractivity contribution < 1.29 is 0 Å². The minimum absolute atomic E-state index is 0.174. The predicted octanol–water partition coefficient (Wildman–Crippen LogP) is 4.94. The number of rotatable bonds is 5. The Morgan fingerprint density at radius 2 is 1.50 bits per heavy atom. The van der Waals surface area contributed by atoms with E-state index in [0.29, 0.717) is 28.2 Å². The zero-order valence-electron chi connectivity index (χ0n) is 16.7. The second-order valence-corrected chi connectivity index (χ2v) is 8.57. The van der Waals surface area contributed by atoms with Gasteiger partial charge in [0.1, 0.15) is 5.02 Å². The summed E-state index contributed by atoms with van der Waals surface area (Å²) < 4.78 is 3.64. The van der Waals surface area contributed by atoms with Crippen molar-refractivity contribution in [3.05, 3.63) is 79.6 Å². The number of hydrogen-bond acceptors (Lipinski definition) is 3. The second kappa shape index (κ2) is 9.06. The molecule has 0 saturated carbocycles. The number of anilines is 1. The highest BCUT2D eigenvalue weighted by molar-refractivity contribution is 6.35. The van der Waals surface area contributed by atoms with Crippen LogP contribution in [-0.4, -0.2) is 40.4 Å². The molecular formula is C22H23Cl3N4O. The molecule has 1 aliphatic heterocycles. The van der Waals surface area contributed by atoms with E-state index < -0.39 is 0 Å². The topological polar surface area (TPSA) is 33.4 Å². The Kier molecular flexibility index (Phi) is 6.44. The van der Waals surface area contributed by atoms with Gasteiger partial charge in [-0.15, -0.1) is 0 Å². The van der Waals surface area contributed by atoms with Gasteiger partial charge in [-0.1, -0.05) is 53.0 Å². The summed E-state index contributed by atoms with van der Waals surface area (Å²) in [5.74, 6) is 0. The third-order valence-electron chi connectivity index (χ3n) is 5.44. The van der Waals surface area contributed by atoms with Crippen LogP contribution in [0.5, 0.6) is 0 Å². The predicted molar refractivity (Wildman–Crippen MR) is 125 cm³/mol. The van der Waals surface area contributed by atoms with Crippen LogP contribution < -0.4 is 10.5 Å². The van der Waals surface area contributed by atoms with Gasteiger partial charge in [-0.05, 0) is 37.3 Å². The highest BCUT2D eigenvalue weighted by atomic mass is 35.5. The van der Waals surface area contributed by atoms with Gasteiger partial charge in [0.2, 0.25) is 0 Å². The van der Waals surface area contributed by atoms with Crippen molar-refractivity contribution in [2.75, 3.05) is 31.1 Å². The van der Waals surface area contributed by atoms with Gasteiger partial charge in [0.15, 0.2) is 0 Å². The van der Waals surface area contributed by atoms with Crippen LogP contribution in [0.3, 0.4) is 0 Å². The minimum atomic E-state index is -0.174. The van der Waals surface area contributed by atoms with Gasteiger partial charge < -0.3 is 4.90 Å². The fourth-order valence-electron chi connectivity index (χ4n) is 3.97. The summed E-state index contributed by atoms with van der Waals surface area (Å²) in [5.41, 5.74) is 2.53. The molecule has 0 spiro atoms. The molecular weight excluding hydrogens is 443 g/mol. The molecule has 0 bridgehead atoms. The van der Waals surface area contributed by atoms with Crippen LogP contribution in [0.25, 0.3) is 5.69 Å². The average Bonchev–Trinajstić information content (AvgIpc) is 2.98. The molecule has 1 saturated heterocycles. The third kappa shape index (κ3) is 4.26. The Morgan fingerprint density at radius 1 is 0.867 bits per heavy atom. The highest BCUT2D eigenvalue weighted by Gasteiger charge is 2.24. The van der Waals surface area contributed by atoms with Crippen molar-refractivity contribution in [3.63, 3.8) is 0 Å². The summed E-state index contributed by atoms with van der Waals surface area (Å²) in [5, 5.41) is 1.58. The lowest BCUT2D eigenvalue weighted by atomic mass is 10.2. The fraction of sp³-hybridized carbons (Fsp3) is 0.318. The maximum atomic E-state index is 12.9. The highest BCUT2D eigenvalue weighted by Crippen LogP contribution is 2.27. The van der Waals surface area contributed by atoms with E-state index in [2.05, 4.69) is 9.80 Å². The van der Waals surface area contributed by atoms with Gasteiger partial charge in [-0.3, -0.25) is 14.4 Å². The van der Waals surface area contributed by atoms with E-state index in [1.165, 1.54) is 0 Å².